The van der Waals surface area contributed by atoms with Gasteiger partial charge in [-0.25, -0.2) is 14.3 Å². The summed E-state index contributed by atoms with van der Waals surface area (Å²) < 4.78 is 9.16. The van der Waals surface area contributed by atoms with Gasteiger partial charge in [-0.05, 0) is 18.8 Å². The molecule has 1 fully saturated rings. The third-order valence-corrected chi connectivity index (χ3v) is 5.92. The van der Waals surface area contributed by atoms with Crippen LogP contribution in [0.1, 0.15) is 52.4 Å². The first-order valence-corrected chi connectivity index (χ1v) is 11.2. The molecule has 2 aromatic heterocycles. The summed E-state index contributed by atoms with van der Waals surface area (Å²) in [7, 11) is 1.56. The van der Waals surface area contributed by atoms with Crippen LogP contribution in [0.15, 0.2) is 15.9 Å². The molecule has 0 atom stereocenters. The minimum absolute atomic E-state index is 0.132. The van der Waals surface area contributed by atoms with Crippen molar-refractivity contribution in [1.29, 1.82) is 5.26 Å². The Labute approximate surface area is 186 Å². The highest BCUT2D eigenvalue weighted by molar-refractivity contribution is 5.78. The first kappa shape index (κ1) is 23.7. The first-order valence-electron chi connectivity index (χ1n) is 11.2. The largest absolute Gasteiger partial charge is 0.383 e. The van der Waals surface area contributed by atoms with Crippen molar-refractivity contribution in [2.75, 3.05) is 13.7 Å². The van der Waals surface area contributed by atoms with E-state index in [1.54, 1.807) is 11.7 Å². The van der Waals surface area contributed by atoms with E-state index in [2.05, 4.69) is 16.4 Å². The van der Waals surface area contributed by atoms with Crippen LogP contribution in [0, 0.1) is 17.2 Å². The number of carbonyl (C=O) groups is 1. The molecule has 174 valence electrons. The van der Waals surface area contributed by atoms with Gasteiger partial charge in [0.05, 0.1) is 19.0 Å². The van der Waals surface area contributed by atoms with Crippen LogP contribution in [0.4, 0.5) is 0 Å². The fourth-order valence-corrected chi connectivity index (χ4v) is 4.31. The summed E-state index contributed by atoms with van der Waals surface area (Å²) in [6.07, 6.45) is 6.44. The van der Waals surface area contributed by atoms with Gasteiger partial charge in [-0.3, -0.25) is 14.2 Å². The van der Waals surface area contributed by atoms with E-state index in [0.29, 0.717) is 38.2 Å². The van der Waals surface area contributed by atoms with E-state index in [9.17, 15) is 19.6 Å². The Morgan fingerprint density at radius 1 is 1.25 bits per heavy atom. The average Bonchev–Trinajstić information content (AvgIpc) is 3.04. The van der Waals surface area contributed by atoms with Crippen molar-refractivity contribution in [2.24, 2.45) is 5.92 Å². The van der Waals surface area contributed by atoms with Crippen molar-refractivity contribution in [3.8, 4) is 6.07 Å². The number of rotatable bonds is 8. The van der Waals surface area contributed by atoms with E-state index in [1.807, 2.05) is 13.8 Å². The minimum Gasteiger partial charge on any atom is -0.383 e. The van der Waals surface area contributed by atoms with Crippen LogP contribution in [0.2, 0.25) is 0 Å². The zero-order chi connectivity index (χ0) is 23.3. The summed E-state index contributed by atoms with van der Waals surface area (Å²) >= 11 is 0. The average molecular weight is 445 g/mol. The number of carbonyl (C=O) groups excluding carboxylic acids is 1. The topological polar surface area (TPSA) is 124 Å². The van der Waals surface area contributed by atoms with Crippen molar-refractivity contribution in [1.82, 2.24) is 24.0 Å². The molecule has 32 heavy (non-hydrogen) atoms. The summed E-state index contributed by atoms with van der Waals surface area (Å²) in [6.45, 7) is 4.62. The van der Waals surface area contributed by atoms with Gasteiger partial charge < -0.3 is 14.6 Å². The number of methoxy groups -OCH3 is 1. The van der Waals surface area contributed by atoms with Crippen LogP contribution in [-0.4, -0.2) is 43.8 Å². The first-order chi connectivity index (χ1) is 15.3. The van der Waals surface area contributed by atoms with Gasteiger partial charge in [-0.1, -0.05) is 39.5 Å². The second kappa shape index (κ2) is 10.1. The van der Waals surface area contributed by atoms with E-state index in [4.69, 9.17) is 4.74 Å². The maximum absolute atomic E-state index is 13.3. The molecule has 0 aromatic carbocycles. The molecule has 0 bridgehead atoms. The highest BCUT2D eigenvalue weighted by Gasteiger charge is 2.33. The SMILES string of the molecule is COCCn1cnc2c1c(=O)n(CC(=O)NC1(C#N)CCCCCC1)c(=O)n2CC(C)C. The lowest BCUT2D eigenvalue weighted by molar-refractivity contribution is -0.123. The highest BCUT2D eigenvalue weighted by atomic mass is 16.5. The minimum atomic E-state index is -0.946. The number of fused-ring (bicyclic) bond motifs is 1. The summed E-state index contributed by atoms with van der Waals surface area (Å²) in [5, 5.41) is 12.6. The molecule has 0 radical (unpaired) electrons. The molecular formula is C22H32N6O4. The summed E-state index contributed by atoms with van der Waals surface area (Å²) in [4.78, 5) is 43.7. The van der Waals surface area contributed by atoms with Crippen LogP contribution in [-0.2, 0) is 29.2 Å². The molecule has 10 heteroatoms. The fourth-order valence-electron chi connectivity index (χ4n) is 4.31. The quantitative estimate of drug-likeness (QED) is 0.614. The smallest absolute Gasteiger partial charge is 0.333 e. The van der Waals surface area contributed by atoms with Crippen molar-refractivity contribution in [2.45, 2.75) is 77.5 Å². The summed E-state index contributed by atoms with van der Waals surface area (Å²) in [5.74, 6) is -0.376. The maximum Gasteiger partial charge on any atom is 0.333 e. The van der Waals surface area contributed by atoms with Crippen LogP contribution < -0.4 is 16.6 Å². The molecule has 2 aromatic rings. The van der Waals surface area contributed by atoms with Crippen molar-refractivity contribution in [3.63, 3.8) is 0 Å². The molecule has 1 saturated carbocycles. The van der Waals surface area contributed by atoms with Gasteiger partial charge >= 0.3 is 5.69 Å². The maximum atomic E-state index is 13.3. The molecule has 1 N–H and O–H groups in total. The Hall–Kier alpha value is -2.93. The monoisotopic (exact) mass is 444 g/mol. The second-order valence-electron chi connectivity index (χ2n) is 8.94. The molecule has 3 rings (SSSR count). The van der Waals surface area contributed by atoms with Crippen molar-refractivity contribution < 1.29 is 9.53 Å². The zero-order valence-electron chi connectivity index (χ0n) is 19.1. The van der Waals surface area contributed by atoms with Crippen molar-refractivity contribution >= 4 is 17.1 Å². The molecule has 1 amide bonds. The number of nitrogens with one attached hydrogen (secondary N) is 1. The molecule has 10 nitrogen and oxygen atoms in total. The van der Waals surface area contributed by atoms with Crippen molar-refractivity contribution in [3.05, 3.63) is 27.2 Å². The Morgan fingerprint density at radius 2 is 1.94 bits per heavy atom. The van der Waals surface area contributed by atoms with E-state index >= 15 is 0 Å². The number of ether oxygens (including phenoxy) is 1. The molecule has 1 aliphatic carbocycles. The molecule has 0 aliphatic heterocycles. The Kier molecular flexibility index (Phi) is 7.51. The number of imidazole rings is 1. The van der Waals surface area contributed by atoms with Gasteiger partial charge in [0.2, 0.25) is 5.91 Å². The lowest BCUT2D eigenvalue weighted by Gasteiger charge is -2.26. The Bertz CT molecular complexity index is 1110. The number of aromatic nitrogens is 4. The standard InChI is InChI=1S/C22H32N6O4/c1-16(2)12-27-19-18(26(15-24-19)10-11-32-3)20(30)28(21(27)31)13-17(29)25-22(14-23)8-6-4-5-7-9-22/h15-16H,4-13H2,1-3H3,(H,25,29). The molecule has 0 saturated heterocycles. The zero-order valence-corrected chi connectivity index (χ0v) is 19.1. The van der Waals surface area contributed by atoms with E-state index in [1.165, 1.54) is 10.9 Å². The third kappa shape index (κ3) is 4.93. The van der Waals surface area contributed by atoms with E-state index in [-0.39, 0.29) is 11.4 Å². The number of nitriles is 1. The molecular weight excluding hydrogens is 412 g/mol. The predicted molar refractivity (Wildman–Crippen MR) is 119 cm³/mol. The highest BCUT2D eigenvalue weighted by Crippen LogP contribution is 2.26. The van der Waals surface area contributed by atoms with E-state index < -0.39 is 29.2 Å². The predicted octanol–water partition coefficient (Wildman–Crippen LogP) is 1.39. The Morgan fingerprint density at radius 3 is 2.53 bits per heavy atom. The van der Waals surface area contributed by atoms with Crippen LogP contribution in [0.5, 0.6) is 0 Å². The van der Waals surface area contributed by atoms with E-state index in [0.717, 1.165) is 30.3 Å². The van der Waals surface area contributed by atoms with Gasteiger partial charge in [0.15, 0.2) is 11.2 Å². The number of hydrogen-bond donors (Lipinski definition) is 1. The van der Waals surface area contributed by atoms with Gasteiger partial charge in [0, 0.05) is 20.2 Å². The second-order valence-corrected chi connectivity index (χ2v) is 8.94. The number of nitrogens with zero attached hydrogens (tertiary/aromatic N) is 5. The summed E-state index contributed by atoms with van der Waals surface area (Å²) in [5.41, 5.74) is -1.52. The van der Waals surface area contributed by atoms with Gasteiger partial charge in [-0.15, -0.1) is 0 Å². The van der Waals surface area contributed by atoms with Gasteiger partial charge in [0.1, 0.15) is 12.1 Å². The molecule has 0 unspecified atom stereocenters. The van der Waals surface area contributed by atoms with Gasteiger partial charge in [0.25, 0.3) is 5.56 Å². The molecule has 0 spiro atoms. The normalized spacial score (nSPS) is 16.1. The molecule has 1 aliphatic rings. The van der Waals surface area contributed by atoms with Gasteiger partial charge in [-0.2, -0.15) is 5.26 Å². The summed E-state index contributed by atoms with van der Waals surface area (Å²) in [6, 6.07) is 2.27. The lowest BCUT2D eigenvalue weighted by Crippen LogP contribution is -2.51. The number of hydrogen-bond acceptors (Lipinski definition) is 6. The Balaban J connectivity index is 2.01. The number of amides is 1. The molecule has 2 heterocycles. The fraction of sp³-hybridized carbons (Fsp3) is 0.682. The third-order valence-electron chi connectivity index (χ3n) is 5.92. The van der Waals surface area contributed by atoms with Crippen LogP contribution >= 0.6 is 0 Å². The van der Waals surface area contributed by atoms with Crippen LogP contribution in [0.25, 0.3) is 11.2 Å². The lowest BCUT2D eigenvalue weighted by atomic mass is 9.92. The van der Waals surface area contributed by atoms with Crippen LogP contribution in [0.3, 0.4) is 0 Å².